The summed E-state index contributed by atoms with van der Waals surface area (Å²) in [7, 11) is 0. The molecule has 0 amide bonds. The van der Waals surface area contributed by atoms with Gasteiger partial charge < -0.3 is 0 Å². The van der Waals surface area contributed by atoms with Crippen LogP contribution in [-0.4, -0.2) is 11.5 Å². The van der Waals surface area contributed by atoms with Gasteiger partial charge in [-0.25, -0.2) is 4.39 Å². The SMILES string of the molecule is O=C(Cc1ccccc1)C1(F)CCCCCC1. The Morgan fingerprint density at radius 2 is 1.65 bits per heavy atom. The number of hydrogen-bond donors (Lipinski definition) is 0. The minimum atomic E-state index is -1.56. The fourth-order valence-electron chi connectivity index (χ4n) is 2.51. The number of Topliss-reactive ketones (excluding diaryl/α,β-unsaturated/α-hetero) is 1. The van der Waals surface area contributed by atoms with E-state index in [4.69, 9.17) is 0 Å². The van der Waals surface area contributed by atoms with Crippen LogP contribution in [0.4, 0.5) is 4.39 Å². The molecule has 1 aliphatic carbocycles. The summed E-state index contributed by atoms with van der Waals surface area (Å²) >= 11 is 0. The summed E-state index contributed by atoms with van der Waals surface area (Å²) in [5.41, 5.74) is -0.648. The van der Waals surface area contributed by atoms with Gasteiger partial charge in [0.15, 0.2) is 11.5 Å². The van der Waals surface area contributed by atoms with E-state index < -0.39 is 5.67 Å². The molecule has 0 bridgehead atoms. The molecule has 0 aromatic heterocycles. The highest BCUT2D eigenvalue weighted by atomic mass is 19.1. The highest BCUT2D eigenvalue weighted by Crippen LogP contribution is 2.32. The van der Waals surface area contributed by atoms with Gasteiger partial charge in [-0.2, -0.15) is 0 Å². The van der Waals surface area contributed by atoms with E-state index in [0.717, 1.165) is 31.2 Å². The zero-order chi connectivity index (χ0) is 12.1. The maximum Gasteiger partial charge on any atom is 0.174 e. The summed E-state index contributed by atoms with van der Waals surface area (Å²) in [6, 6.07) is 9.46. The van der Waals surface area contributed by atoms with Crippen molar-refractivity contribution in [2.24, 2.45) is 0 Å². The number of hydrogen-bond acceptors (Lipinski definition) is 1. The van der Waals surface area contributed by atoms with Crippen LogP contribution in [0.15, 0.2) is 30.3 Å². The molecular formula is C15H19FO. The molecule has 1 aliphatic rings. The molecule has 2 rings (SSSR count). The number of carbonyl (C=O) groups excluding carboxylic acids is 1. The first-order valence-electron chi connectivity index (χ1n) is 6.47. The van der Waals surface area contributed by atoms with Crippen molar-refractivity contribution in [1.82, 2.24) is 0 Å². The number of carbonyl (C=O) groups is 1. The van der Waals surface area contributed by atoms with Crippen molar-refractivity contribution in [1.29, 1.82) is 0 Å². The summed E-state index contributed by atoms with van der Waals surface area (Å²) in [5, 5.41) is 0. The maximum atomic E-state index is 14.6. The largest absolute Gasteiger partial charge is 0.296 e. The fraction of sp³-hybridized carbons (Fsp3) is 0.533. The zero-order valence-electron chi connectivity index (χ0n) is 10.1. The average molecular weight is 234 g/mol. The lowest BCUT2D eigenvalue weighted by molar-refractivity contribution is -0.130. The van der Waals surface area contributed by atoms with Crippen LogP contribution in [0, 0.1) is 0 Å². The quantitative estimate of drug-likeness (QED) is 0.726. The summed E-state index contributed by atoms with van der Waals surface area (Å²) in [6.45, 7) is 0. The number of benzene rings is 1. The number of halogens is 1. The van der Waals surface area contributed by atoms with E-state index in [1.165, 1.54) is 0 Å². The van der Waals surface area contributed by atoms with Crippen molar-refractivity contribution >= 4 is 5.78 Å². The van der Waals surface area contributed by atoms with Gasteiger partial charge in [-0.1, -0.05) is 43.2 Å². The Balaban J connectivity index is 2.03. The van der Waals surface area contributed by atoms with E-state index in [0.29, 0.717) is 12.8 Å². The Bertz CT molecular complexity index is 364. The van der Waals surface area contributed by atoms with Crippen LogP contribution >= 0.6 is 0 Å². The van der Waals surface area contributed by atoms with Gasteiger partial charge in [0.1, 0.15) is 0 Å². The van der Waals surface area contributed by atoms with Crippen molar-refractivity contribution in [2.75, 3.05) is 0 Å². The minimum Gasteiger partial charge on any atom is -0.296 e. The first kappa shape index (κ1) is 12.3. The molecule has 92 valence electrons. The van der Waals surface area contributed by atoms with Gasteiger partial charge in [0.05, 0.1) is 0 Å². The van der Waals surface area contributed by atoms with Crippen LogP contribution < -0.4 is 0 Å². The molecule has 0 atom stereocenters. The second-order valence-corrected chi connectivity index (χ2v) is 4.97. The summed E-state index contributed by atoms with van der Waals surface area (Å²) in [4.78, 5) is 12.1. The molecule has 1 nitrogen and oxygen atoms in total. The summed E-state index contributed by atoms with van der Waals surface area (Å²) in [5.74, 6) is -0.231. The van der Waals surface area contributed by atoms with Crippen LogP contribution in [0.25, 0.3) is 0 Å². The number of rotatable bonds is 3. The molecule has 0 saturated heterocycles. The van der Waals surface area contributed by atoms with Gasteiger partial charge in [-0.15, -0.1) is 0 Å². The standard InChI is InChI=1S/C15H19FO/c16-15(10-6-1-2-7-11-15)14(17)12-13-8-4-3-5-9-13/h3-5,8-9H,1-2,6-7,10-12H2. The maximum absolute atomic E-state index is 14.6. The Labute approximate surface area is 102 Å². The molecule has 0 N–H and O–H groups in total. The first-order chi connectivity index (χ1) is 8.21. The van der Waals surface area contributed by atoms with E-state index in [9.17, 15) is 9.18 Å². The highest BCUT2D eigenvalue weighted by molar-refractivity contribution is 5.89. The predicted molar refractivity (Wildman–Crippen MR) is 66.7 cm³/mol. The molecular weight excluding hydrogens is 215 g/mol. The molecule has 0 radical (unpaired) electrons. The van der Waals surface area contributed by atoms with Crippen LogP contribution in [0.5, 0.6) is 0 Å². The van der Waals surface area contributed by atoms with E-state index in [-0.39, 0.29) is 12.2 Å². The molecule has 1 aromatic carbocycles. The Kier molecular flexibility index (Phi) is 3.93. The molecule has 2 heteroatoms. The third kappa shape index (κ3) is 3.15. The van der Waals surface area contributed by atoms with E-state index in [1.807, 2.05) is 30.3 Å². The third-order valence-electron chi connectivity index (χ3n) is 3.60. The molecule has 0 unspecified atom stereocenters. The second-order valence-electron chi connectivity index (χ2n) is 4.97. The zero-order valence-corrected chi connectivity index (χ0v) is 10.1. The molecule has 1 aromatic rings. The highest BCUT2D eigenvalue weighted by Gasteiger charge is 2.37. The van der Waals surface area contributed by atoms with Crippen molar-refractivity contribution in [3.63, 3.8) is 0 Å². The van der Waals surface area contributed by atoms with Gasteiger partial charge >= 0.3 is 0 Å². The van der Waals surface area contributed by atoms with Gasteiger partial charge in [-0.3, -0.25) is 4.79 Å². The van der Waals surface area contributed by atoms with Crippen LogP contribution in [0.3, 0.4) is 0 Å². The normalized spacial score (nSPS) is 19.6. The lowest BCUT2D eigenvalue weighted by Crippen LogP contribution is -2.34. The topological polar surface area (TPSA) is 17.1 Å². The predicted octanol–water partition coefficient (Wildman–Crippen LogP) is 3.86. The lowest BCUT2D eigenvalue weighted by atomic mass is 9.88. The van der Waals surface area contributed by atoms with E-state index in [2.05, 4.69) is 0 Å². The lowest BCUT2D eigenvalue weighted by Gasteiger charge is -2.21. The average Bonchev–Trinajstić information content (AvgIpc) is 2.56. The van der Waals surface area contributed by atoms with Gasteiger partial charge in [0, 0.05) is 6.42 Å². The fourth-order valence-corrected chi connectivity index (χ4v) is 2.51. The molecule has 0 aliphatic heterocycles. The van der Waals surface area contributed by atoms with Crippen molar-refractivity contribution < 1.29 is 9.18 Å². The third-order valence-corrected chi connectivity index (χ3v) is 3.60. The summed E-state index contributed by atoms with van der Waals surface area (Å²) < 4.78 is 14.6. The monoisotopic (exact) mass is 234 g/mol. The minimum absolute atomic E-state index is 0.231. The molecule has 17 heavy (non-hydrogen) atoms. The van der Waals surface area contributed by atoms with Gasteiger partial charge in [-0.05, 0) is 31.2 Å². The van der Waals surface area contributed by atoms with Crippen LogP contribution in [0.1, 0.15) is 44.1 Å². The Morgan fingerprint density at radius 1 is 1.06 bits per heavy atom. The van der Waals surface area contributed by atoms with E-state index in [1.54, 1.807) is 0 Å². The first-order valence-corrected chi connectivity index (χ1v) is 6.47. The summed E-state index contributed by atoms with van der Waals surface area (Å²) in [6.07, 6.45) is 4.87. The van der Waals surface area contributed by atoms with Crippen molar-refractivity contribution in [2.45, 2.75) is 50.6 Å². The van der Waals surface area contributed by atoms with Crippen LogP contribution in [0.2, 0.25) is 0 Å². The van der Waals surface area contributed by atoms with E-state index >= 15 is 0 Å². The van der Waals surface area contributed by atoms with Crippen LogP contribution in [-0.2, 0) is 11.2 Å². The second kappa shape index (κ2) is 5.44. The van der Waals surface area contributed by atoms with Gasteiger partial charge in [0.2, 0.25) is 0 Å². The Hall–Kier alpha value is -1.18. The van der Waals surface area contributed by atoms with Crippen molar-refractivity contribution in [3.05, 3.63) is 35.9 Å². The molecule has 0 heterocycles. The van der Waals surface area contributed by atoms with Gasteiger partial charge in [0.25, 0.3) is 0 Å². The number of ketones is 1. The van der Waals surface area contributed by atoms with Crippen molar-refractivity contribution in [3.8, 4) is 0 Å². The molecule has 0 spiro atoms. The molecule has 1 saturated carbocycles. The molecule has 1 fully saturated rings. The smallest absolute Gasteiger partial charge is 0.174 e. The number of alkyl halides is 1. The Morgan fingerprint density at radius 3 is 2.24 bits per heavy atom.